The molecule has 0 saturated heterocycles. The second-order valence-corrected chi connectivity index (χ2v) is 6.64. The second kappa shape index (κ2) is 6.67. The summed E-state index contributed by atoms with van der Waals surface area (Å²) < 4.78 is 0. The lowest BCUT2D eigenvalue weighted by molar-refractivity contribution is -0.119. The van der Waals surface area contributed by atoms with Crippen LogP contribution in [0.3, 0.4) is 0 Å². The first-order chi connectivity index (χ1) is 12.3. The van der Waals surface area contributed by atoms with E-state index in [0.29, 0.717) is 11.5 Å². The summed E-state index contributed by atoms with van der Waals surface area (Å²) in [5, 5.41) is 12.3. The molecular formula is C19H22N4O3. The number of carbonyl (C=O) groups excluding carboxylic acids is 1. The van der Waals surface area contributed by atoms with Crippen LogP contribution in [0.25, 0.3) is 0 Å². The molecule has 2 aromatic rings. The Hall–Kier alpha value is -3.09. The number of carboxylic acid groups (broad SMARTS) is 1. The first kappa shape index (κ1) is 17.7. The molecule has 1 aromatic heterocycles. The summed E-state index contributed by atoms with van der Waals surface area (Å²) >= 11 is 0. The molecule has 0 fully saturated rings. The van der Waals surface area contributed by atoms with Gasteiger partial charge in [-0.3, -0.25) is 4.79 Å². The first-order valence-corrected chi connectivity index (χ1v) is 8.46. The zero-order chi connectivity index (χ0) is 19.0. The molecule has 2 N–H and O–H groups in total. The summed E-state index contributed by atoms with van der Waals surface area (Å²) in [5.74, 6) is -0.359. The quantitative estimate of drug-likeness (QED) is 0.877. The van der Waals surface area contributed by atoms with Crippen molar-refractivity contribution in [1.29, 1.82) is 0 Å². The number of nitrogens with one attached hydrogen (secondary N) is 1. The van der Waals surface area contributed by atoms with Crippen LogP contribution in [-0.4, -0.2) is 41.1 Å². The number of aromatic carboxylic acids is 1. The van der Waals surface area contributed by atoms with Gasteiger partial charge in [-0.2, -0.15) is 0 Å². The van der Waals surface area contributed by atoms with E-state index in [1.165, 1.54) is 6.07 Å². The third-order valence-electron chi connectivity index (χ3n) is 4.54. The Balaban J connectivity index is 1.98. The van der Waals surface area contributed by atoms with Gasteiger partial charge in [0.25, 0.3) is 0 Å². The number of aromatic nitrogens is 1. The molecule has 7 heteroatoms. The van der Waals surface area contributed by atoms with Crippen LogP contribution in [0.15, 0.2) is 36.5 Å². The Morgan fingerprint density at radius 1 is 1.27 bits per heavy atom. The molecule has 1 aliphatic rings. The number of nitrogens with zero attached hydrogens (tertiary/aromatic N) is 3. The summed E-state index contributed by atoms with van der Waals surface area (Å²) in [4.78, 5) is 31.7. The smallest absolute Gasteiger partial charge is 0.335 e. The molecule has 136 valence electrons. The molecule has 0 bridgehead atoms. The standard InChI is InChI=1S/C19H22N4O3/c1-11(2)23-12(3)18(24)22(4)16-10-20-17(9-15(16)23)21-14-7-5-6-13(8-14)19(25)26/h5-12H,1-4H3,(H,20,21)(H,25,26). The van der Waals surface area contributed by atoms with Crippen LogP contribution in [0.1, 0.15) is 31.1 Å². The minimum atomic E-state index is -0.980. The fourth-order valence-electron chi connectivity index (χ4n) is 3.30. The molecule has 1 aliphatic heterocycles. The number of fused-ring (bicyclic) bond motifs is 1. The molecule has 0 aliphatic carbocycles. The number of pyridine rings is 1. The monoisotopic (exact) mass is 354 g/mol. The topological polar surface area (TPSA) is 85.8 Å². The van der Waals surface area contributed by atoms with Gasteiger partial charge in [0.05, 0.1) is 23.1 Å². The van der Waals surface area contributed by atoms with Gasteiger partial charge in [-0.1, -0.05) is 6.07 Å². The van der Waals surface area contributed by atoms with Gasteiger partial charge in [-0.15, -0.1) is 0 Å². The van der Waals surface area contributed by atoms with Crippen LogP contribution in [0, 0.1) is 0 Å². The molecule has 1 unspecified atom stereocenters. The minimum Gasteiger partial charge on any atom is -0.478 e. The zero-order valence-corrected chi connectivity index (χ0v) is 15.2. The lowest BCUT2D eigenvalue weighted by atomic mass is 10.1. The average molecular weight is 354 g/mol. The number of hydrogen-bond acceptors (Lipinski definition) is 5. The third-order valence-corrected chi connectivity index (χ3v) is 4.54. The summed E-state index contributed by atoms with van der Waals surface area (Å²) in [6.45, 7) is 5.98. The molecular weight excluding hydrogens is 332 g/mol. The maximum atomic E-state index is 12.5. The average Bonchev–Trinajstić information content (AvgIpc) is 2.60. The fraction of sp³-hybridized carbons (Fsp3) is 0.316. The maximum Gasteiger partial charge on any atom is 0.335 e. The summed E-state index contributed by atoms with van der Waals surface area (Å²) in [6, 6.07) is 8.33. The Morgan fingerprint density at radius 3 is 2.65 bits per heavy atom. The summed E-state index contributed by atoms with van der Waals surface area (Å²) in [7, 11) is 1.75. The van der Waals surface area contributed by atoms with E-state index < -0.39 is 5.97 Å². The van der Waals surface area contributed by atoms with Crippen LogP contribution in [-0.2, 0) is 4.79 Å². The van der Waals surface area contributed by atoms with Gasteiger partial charge in [0.15, 0.2) is 0 Å². The first-order valence-electron chi connectivity index (χ1n) is 8.46. The van der Waals surface area contributed by atoms with Crippen molar-refractivity contribution in [2.75, 3.05) is 22.2 Å². The van der Waals surface area contributed by atoms with Crippen molar-refractivity contribution in [3.05, 3.63) is 42.1 Å². The fourth-order valence-corrected chi connectivity index (χ4v) is 3.30. The van der Waals surface area contributed by atoms with E-state index in [1.807, 2.05) is 26.8 Å². The number of rotatable bonds is 4. The zero-order valence-electron chi connectivity index (χ0n) is 15.2. The van der Waals surface area contributed by atoms with Crippen molar-refractivity contribution in [3.8, 4) is 0 Å². The van der Waals surface area contributed by atoms with Crippen LogP contribution >= 0.6 is 0 Å². The summed E-state index contributed by atoms with van der Waals surface area (Å²) in [5.41, 5.74) is 2.52. The van der Waals surface area contributed by atoms with Crippen LogP contribution in [0.2, 0.25) is 0 Å². The van der Waals surface area contributed by atoms with Gasteiger partial charge >= 0.3 is 5.97 Å². The van der Waals surface area contributed by atoms with Crippen molar-refractivity contribution < 1.29 is 14.7 Å². The lowest BCUT2D eigenvalue weighted by Gasteiger charge is -2.42. The normalized spacial score (nSPS) is 16.7. The highest BCUT2D eigenvalue weighted by Gasteiger charge is 2.35. The Bertz CT molecular complexity index is 866. The van der Waals surface area contributed by atoms with Gasteiger partial charge in [-0.05, 0) is 39.0 Å². The molecule has 1 atom stereocenters. The van der Waals surface area contributed by atoms with Crippen molar-refractivity contribution in [1.82, 2.24) is 4.98 Å². The predicted octanol–water partition coefficient (Wildman–Crippen LogP) is 3.10. The third kappa shape index (κ3) is 3.08. The lowest BCUT2D eigenvalue weighted by Crippen LogP contribution is -2.53. The van der Waals surface area contributed by atoms with Crippen LogP contribution in [0.4, 0.5) is 22.9 Å². The molecule has 1 aromatic carbocycles. The molecule has 2 heterocycles. The van der Waals surface area contributed by atoms with E-state index in [4.69, 9.17) is 5.11 Å². The number of anilines is 4. The van der Waals surface area contributed by atoms with E-state index in [1.54, 1.807) is 36.3 Å². The second-order valence-electron chi connectivity index (χ2n) is 6.64. The molecule has 1 amide bonds. The highest BCUT2D eigenvalue weighted by molar-refractivity contribution is 6.05. The van der Waals surface area contributed by atoms with Gasteiger partial charge in [0.1, 0.15) is 11.9 Å². The van der Waals surface area contributed by atoms with Crippen LogP contribution < -0.4 is 15.1 Å². The Labute approximate surface area is 152 Å². The Kier molecular flexibility index (Phi) is 4.54. The SMILES string of the molecule is CC(C)N1c2cc(Nc3cccc(C(=O)O)c3)ncc2N(C)C(=O)C1C. The molecule has 26 heavy (non-hydrogen) atoms. The molecule has 7 nitrogen and oxygen atoms in total. The highest BCUT2D eigenvalue weighted by Crippen LogP contribution is 2.38. The van der Waals surface area contributed by atoms with E-state index in [-0.39, 0.29) is 23.6 Å². The van der Waals surface area contributed by atoms with E-state index in [9.17, 15) is 9.59 Å². The maximum absolute atomic E-state index is 12.5. The van der Waals surface area contributed by atoms with Gasteiger partial charge < -0.3 is 20.2 Å². The Morgan fingerprint density at radius 2 is 2.00 bits per heavy atom. The van der Waals surface area contributed by atoms with Crippen molar-refractivity contribution in [3.63, 3.8) is 0 Å². The van der Waals surface area contributed by atoms with Crippen molar-refractivity contribution in [2.24, 2.45) is 0 Å². The number of benzene rings is 1. The van der Waals surface area contributed by atoms with E-state index >= 15 is 0 Å². The predicted molar refractivity (Wildman–Crippen MR) is 101 cm³/mol. The van der Waals surface area contributed by atoms with Crippen LogP contribution in [0.5, 0.6) is 0 Å². The number of likely N-dealkylation sites (N-methyl/N-ethyl adjacent to an activating group) is 1. The van der Waals surface area contributed by atoms with E-state index in [0.717, 1.165) is 11.4 Å². The number of carbonyl (C=O) groups is 2. The highest BCUT2D eigenvalue weighted by atomic mass is 16.4. The van der Waals surface area contributed by atoms with Gasteiger partial charge in [0, 0.05) is 24.8 Å². The molecule has 0 saturated carbocycles. The van der Waals surface area contributed by atoms with Gasteiger partial charge in [0.2, 0.25) is 5.91 Å². The van der Waals surface area contributed by atoms with Crippen molar-refractivity contribution in [2.45, 2.75) is 32.9 Å². The molecule has 0 radical (unpaired) electrons. The number of hydrogen-bond donors (Lipinski definition) is 2. The molecule has 0 spiro atoms. The summed E-state index contributed by atoms with van der Waals surface area (Å²) in [6.07, 6.45) is 1.66. The van der Waals surface area contributed by atoms with E-state index in [2.05, 4.69) is 15.2 Å². The number of amides is 1. The van der Waals surface area contributed by atoms with Gasteiger partial charge in [-0.25, -0.2) is 9.78 Å². The molecule has 3 rings (SSSR count). The van der Waals surface area contributed by atoms with Crippen molar-refractivity contribution >= 4 is 34.8 Å². The number of carboxylic acids is 1. The largest absolute Gasteiger partial charge is 0.478 e. The minimum absolute atomic E-state index is 0.0304.